The quantitative estimate of drug-likeness (QED) is 0.0869. The van der Waals surface area contributed by atoms with Crippen molar-refractivity contribution in [3.63, 3.8) is 0 Å². The second kappa shape index (κ2) is 16.7. The first kappa shape index (κ1) is 42.8. The van der Waals surface area contributed by atoms with E-state index in [2.05, 4.69) is 13.8 Å². The van der Waals surface area contributed by atoms with E-state index in [0.29, 0.717) is 32.1 Å². The number of allylic oxidation sites excluding steroid dienone is 4. The van der Waals surface area contributed by atoms with Crippen molar-refractivity contribution >= 4 is 33.6 Å². The zero-order chi connectivity index (χ0) is 33.4. The number of hydrogen-bond donors (Lipinski definition) is 2. The van der Waals surface area contributed by atoms with E-state index in [4.69, 9.17) is 4.74 Å². The Morgan fingerprint density at radius 1 is 1.13 bits per heavy atom. The van der Waals surface area contributed by atoms with E-state index in [-0.39, 0.29) is 130 Å². The first-order valence-electron chi connectivity index (χ1n) is 16.2. The molecule has 4 rings (SSSR count). The van der Waals surface area contributed by atoms with E-state index in [0.717, 1.165) is 12.0 Å². The molecule has 4 aliphatic carbocycles. The number of nitrogens with zero attached hydrogens (tertiary/aromatic N) is 1. The van der Waals surface area contributed by atoms with Crippen LogP contribution in [-0.2, 0) is 34.0 Å². The number of aliphatic hydroxyl groups excluding tert-OH is 2. The molecule has 14 heteroatoms. The van der Waals surface area contributed by atoms with Crippen LogP contribution in [0.4, 0.5) is 0 Å². The zero-order valence-corrected chi connectivity index (χ0v) is 33.6. The summed E-state index contributed by atoms with van der Waals surface area (Å²) >= 11 is 0. The maximum absolute atomic E-state index is 13.5. The summed E-state index contributed by atoms with van der Waals surface area (Å²) in [6, 6.07) is 0. The van der Waals surface area contributed by atoms with Crippen molar-refractivity contribution in [3.05, 3.63) is 23.8 Å². The van der Waals surface area contributed by atoms with Crippen LogP contribution < -0.4 is 59.1 Å². The summed E-state index contributed by atoms with van der Waals surface area (Å²) in [6.45, 7) is 5.18. The Hall–Kier alpha value is -0.410. The molecule has 3 saturated carbocycles. The molecular formula is C33H50NNa2O10S-. The predicted octanol–water partition coefficient (Wildman–Crippen LogP) is -3.07. The van der Waals surface area contributed by atoms with Gasteiger partial charge in [-0.25, -0.2) is 8.42 Å². The van der Waals surface area contributed by atoms with Gasteiger partial charge >= 0.3 is 65.1 Å². The fraction of sp³-hybridized carbons (Fsp3) is 0.758. The van der Waals surface area contributed by atoms with Gasteiger partial charge in [0.25, 0.3) is 0 Å². The third-order valence-corrected chi connectivity index (χ3v) is 12.1. The number of esters is 1. The molecule has 4 aliphatic rings. The van der Waals surface area contributed by atoms with Crippen molar-refractivity contribution in [2.24, 2.45) is 34.5 Å². The van der Waals surface area contributed by atoms with E-state index in [1.165, 1.54) is 11.9 Å². The second-order valence-corrected chi connectivity index (χ2v) is 15.7. The molecule has 0 aromatic heterocycles. The van der Waals surface area contributed by atoms with E-state index in [1.807, 2.05) is 13.0 Å². The molecule has 8 atom stereocenters. The second-order valence-electron chi connectivity index (χ2n) is 14.2. The van der Waals surface area contributed by atoms with Crippen LogP contribution in [0.5, 0.6) is 0 Å². The molecule has 3 fully saturated rings. The van der Waals surface area contributed by atoms with Gasteiger partial charge in [0, 0.05) is 43.2 Å². The molecule has 0 aromatic rings. The Morgan fingerprint density at radius 3 is 2.38 bits per heavy atom. The number of unbranched alkanes of at least 4 members (excludes halogenated alkanes) is 3. The van der Waals surface area contributed by atoms with Gasteiger partial charge in [0.15, 0.2) is 11.4 Å². The molecule has 2 N–H and O–H groups in total. The molecule has 47 heavy (non-hydrogen) atoms. The number of fused-ring (bicyclic) bond motifs is 5. The van der Waals surface area contributed by atoms with Crippen molar-refractivity contribution in [3.8, 4) is 0 Å². The van der Waals surface area contributed by atoms with Crippen LogP contribution >= 0.6 is 0 Å². The first-order chi connectivity index (χ1) is 21.0. The Balaban J connectivity index is 0.00000576. The summed E-state index contributed by atoms with van der Waals surface area (Å²) in [5.41, 5.74) is -1.86. The van der Waals surface area contributed by atoms with E-state index >= 15 is 0 Å². The summed E-state index contributed by atoms with van der Waals surface area (Å²) in [4.78, 5) is 52.3. The standard InChI is InChI=1S/C33H49NO10S.2Na.2H/c1-21-17-23-24-12-14-33(27(38)20-35,32(24,3)19-26(37)30(23)31(2)13-11-22(36)18-25(21)31)44-29(40)10-8-6-5-7-9-28(39)34(4)15-16-45(41,42)43;;;;/h11,13,18,21,23-24,26,30,35,37H,5-10,12,14-17,19-20H2,1-4H3,(H,41,42,43);;;;/q;2*+1;2*-1/p-1/t21-,23-,24-,26-,30+,31-,32-,33-;;;;/m0..../s1. The molecule has 0 spiro atoms. The van der Waals surface area contributed by atoms with Crippen LogP contribution in [-0.4, -0.2) is 89.2 Å². The minimum atomic E-state index is -4.39. The summed E-state index contributed by atoms with van der Waals surface area (Å²) in [6.07, 6.45) is 8.85. The zero-order valence-electron chi connectivity index (χ0n) is 30.8. The number of rotatable bonds is 13. The van der Waals surface area contributed by atoms with Crippen molar-refractivity contribution in [1.29, 1.82) is 0 Å². The molecule has 11 nitrogen and oxygen atoms in total. The smallest absolute Gasteiger partial charge is 1.00 e. The van der Waals surface area contributed by atoms with Crippen molar-refractivity contribution in [2.75, 3.05) is 26.0 Å². The van der Waals surface area contributed by atoms with Crippen LogP contribution in [0.1, 0.15) is 87.8 Å². The van der Waals surface area contributed by atoms with Gasteiger partial charge in [-0.15, -0.1) is 0 Å². The number of ketones is 2. The van der Waals surface area contributed by atoms with Gasteiger partial charge in [0.1, 0.15) is 6.61 Å². The topological polar surface area (TPSA) is 178 Å². The monoisotopic (exact) mass is 698 g/mol. The van der Waals surface area contributed by atoms with Gasteiger partial charge in [-0.3, -0.25) is 19.2 Å². The van der Waals surface area contributed by atoms with Crippen LogP contribution in [0.25, 0.3) is 0 Å². The molecule has 0 aliphatic heterocycles. The van der Waals surface area contributed by atoms with Gasteiger partial charge < -0.3 is 27.3 Å². The van der Waals surface area contributed by atoms with Crippen molar-refractivity contribution < 1.29 is 109 Å². The number of Topliss-reactive ketones (excluding diaryl/α,β-unsaturated/α-hetero) is 1. The molecule has 0 saturated heterocycles. The predicted molar refractivity (Wildman–Crippen MR) is 166 cm³/mol. The van der Waals surface area contributed by atoms with Gasteiger partial charge in [0.05, 0.1) is 22.0 Å². The Kier molecular flexibility index (Phi) is 15.2. The first-order valence-corrected chi connectivity index (χ1v) is 17.7. The molecule has 0 heterocycles. The number of amides is 1. The normalized spacial score (nSPS) is 34.1. The van der Waals surface area contributed by atoms with Crippen LogP contribution in [0.2, 0.25) is 0 Å². The molecule has 0 radical (unpaired) electrons. The summed E-state index contributed by atoms with van der Waals surface area (Å²) in [7, 11) is -2.94. The largest absolute Gasteiger partial charge is 1.00 e. The number of ether oxygens (including phenoxy) is 1. The number of aliphatic hydroxyl groups is 2. The SMILES string of the molecule is C[C@H]1C[C@@H]2[C@H]([C@@H](O)C[C@@]3(C)[C@H]2CC[C@]3(OC(=O)CCCCCCC(=O)N(C)CCS(=O)(=O)[O-])C(=O)CO)[C@@]2(C)C=CC(=O)C=C12.[H-].[H-].[Na+].[Na+]. The Bertz CT molecular complexity index is 1380. The summed E-state index contributed by atoms with van der Waals surface area (Å²) < 4.78 is 38.4. The van der Waals surface area contributed by atoms with E-state index in [9.17, 15) is 42.4 Å². The van der Waals surface area contributed by atoms with Crippen LogP contribution in [0.3, 0.4) is 0 Å². The third kappa shape index (κ3) is 8.73. The summed E-state index contributed by atoms with van der Waals surface area (Å²) in [5.74, 6) is -2.04. The minimum absolute atomic E-state index is 0. The maximum atomic E-state index is 13.5. The van der Waals surface area contributed by atoms with Gasteiger partial charge in [-0.2, -0.15) is 0 Å². The van der Waals surface area contributed by atoms with E-state index in [1.54, 1.807) is 12.2 Å². The molecule has 256 valence electrons. The fourth-order valence-corrected chi connectivity index (χ4v) is 9.75. The van der Waals surface area contributed by atoms with E-state index < -0.39 is 56.8 Å². The number of carbonyl (C=O) groups is 4. The van der Waals surface area contributed by atoms with Gasteiger partial charge in [0.2, 0.25) is 11.7 Å². The maximum Gasteiger partial charge on any atom is 1.00 e. The van der Waals surface area contributed by atoms with Crippen molar-refractivity contribution in [1.82, 2.24) is 4.90 Å². The average molecular weight is 699 g/mol. The molecule has 0 aromatic carbocycles. The van der Waals surface area contributed by atoms with Crippen molar-refractivity contribution in [2.45, 2.75) is 96.7 Å². The van der Waals surface area contributed by atoms with Gasteiger partial charge in [-0.1, -0.05) is 45.3 Å². The average Bonchev–Trinajstić information content (AvgIpc) is 3.25. The third-order valence-electron chi connectivity index (χ3n) is 11.4. The molecule has 0 unspecified atom stereocenters. The van der Waals surface area contributed by atoms with Crippen LogP contribution in [0.15, 0.2) is 23.8 Å². The van der Waals surface area contributed by atoms with Gasteiger partial charge in [-0.05, 0) is 68.4 Å². The molecule has 1 amide bonds. The summed E-state index contributed by atoms with van der Waals surface area (Å²) in [5, 5.41) is 21.8. The number of carbonyl (C=O) groups excluding carboxylic acids is 4. The Morgan fingerprint density at radius 2 is 1.77 bits per heavy atom. The van der Waals surface area contributed by atoms with Crippen LogP contribution in [0, 0.1) is 34.5 Å². The Labute approximate surface area is 326 Å². The molecule has 0 bridgehead atoms. The minimum Gasteiger partial charge on any atom is -1.00 e. The fourth-order valence-electron chi connectivity index (χ4n) is 9.26. The molecular weight excluding hydrogens is 648 g/mol. The number of hydrogen-bond acceptors (Lipinski definition) is 10.